The SMILES string of the molecule is N=Nc1c(S(=O)(=O)O)cc2ccccc2c1S(=O)(=O)O. The summed E-state index contributed by atoms with van der Waals surface area (Å²) in [5.41, 5.74) is 6.10. The highest BCUT2D eigenvalue weighted by Gasteiger charge is 2.27. The Morgan fingerprint density at radius 1 is 1.00 bits per heavy atom. The van der Waals surface area contributed by atoms with Gasteiger partial charge in [-0.15, -0.1) is 0 Å². The van der Waals surface area contributed by atoms with Crippen LogP contribution in [-0.4, -0.2) is 25.9 Å². The first-order chi connectivity index (χ1) is 9.16. The second-order valence-electron chi connectivity index (χ2n) is 3.84. The minimum atomic E-state index is -4.84. The third kappa shape index (κ3) is 2.41. The van der Waals surface area contributed by atoms with Gasteiger partial charge in [-0.2, -0.15) is 21.9 Å². The maximum Gasteiger partial charge on any atom is 0.297 e. The molecular formula is C10H8N2O6S2. The van der Waals surface area contributed by atoms with Crippen molar-refractivity contribution in [3.05, 3.63) is 30.3 Å². The van der Waals surface area contributed by atoms with E-state index in [-0.39, 0.29) is 10.8 Å². The van der Waals surface area contributed by atoms with Gasteiger partial charge in [-0.1, -0.05) is 24.3 Å². The van der Waals surface area contributed by atoms with Gasteiger partial charge in [0.2, 0.25) is 0 Å². The molecule has 0 aliphatic carbocycles. The molecule has 3 N–H and O–H groups in total. The molecule has 0 atom stereocenters. The normalized spacial score (nSPS) is 12.5. The molecule has 0 aliphatic rings. The molecule has 20 heavy (non-hydrogen) atoms. The van der Waals surface area contributed by atoms with Crippen LogP contribution < -0.4 is 0 Å². The van der Waals surface area contributed by atoms with Crippen LogP contribution in [0.15, 0.2) is 45.2 Å². The number of fused-ring (bicyclic) bond motifs is 1. The van der Waals surface area contributed by atoms with E-state index < -0.39 is 35.7 Å². The molecule has 0 bridgehead atoms. The first-order valence-corrected chi connectivity index (χ1v) is 7.92. The lowest BCUT2D eigenvalue weighted by Gasteiger charge is -2.10. The van der Waals surface area contributed by atoms with E-state index in [4.69, 9.17) is 10.1 Å². The largest absolute Gasteiger partial charge is 0.297 e. The van der Waals surface area contributed by atoms with Gasteiger partial charge in [0.05, 0.1) is 0 Å². The van der Waals surface area contributed by atoms with Gasteiger partial charge in [0.25, 0.3) is 20.2 Å². The summed E-state index contributed by atoms with van der Waals surface area (Å²) in [7, 11) is -9.65. The quantitative estimate of drug-likeness (QED) is 0.583. The van der Waals surface area contributed by atoms with Crippen LogP contribution in [0.5, 0.6) is 0 Å². The average Bonchev–Trinajstić information content (AvgIpc) is 2.34. The Morgan fingerprint density at radius 2 is 1.60 bits per heavy atom. The maximum absolute atomic E-state index is 11.4. The second-order valence-corrected chi connectivity index (χ2v) is 6.58. The molecule has 8 nitrogen and oxygen atoms in total. The number of benzene rings is 2. The minimum absolute atomic E-state index is 0.00611. The molecular weight excluding hydrogens is 308 g/mol. The van der Waals surface area contributed by atoms with E-state index in [0.717, 1.165) is 6.07 Å². The number of hydrogen-bond donors (Lipinski definition) is 3. The summed E-state index contributed by atoms with van der Waals surface area (Å²) in [5, 5.41) is 2.97. The van der Waals surface area contributed by atoms with Crippen LogP contribution in [0, 0.1) is 5.53 Å². The molecule has 106 valence electrons. The first-order valence-electron chi connectivity index (χ1n) is 5.04. The molecule has 0 saturated carbocycles. The summed E-state index contributed by atoms with van der Waals surface area (Å²) < 4.78 is 63.8. The fourth-order valence-electron chi connectivity index (χ4n) is 1.84. The minimum Gasteiger partial charge on any atom is -0.282 e. The summed E-state index contributed by atoms with van der Waals surface area (Å²) >= 11 is 0. The summed E-state index contributed by atoms with van der Waals surface area (Å²) in [6.07, 6.45) is 0. The molecule has 10 heteroatoms. The highest BCUT2D eigenvalue weighted by Crippen LogP contribution is 2.38. The zero-order valence-corrected chi connectivity index (χ0v) is 11.3. The second kappa shape index (κ2) is 4.59. The van der Waals surface area contributed by atoms with Crippen LogP contribution in [0.2, 0.25) is 0 Å². The van der Waals surface area contributed by atoms with Gasteiger partial charge in [-0.05, 0) is 11.5 Å². The van der Waals surface area contributed by atoms with Crippen LogP contribution in [0.25, 0.3) is 10.8 Å². The molecule has 2 rings (SSSR count). The fourth-order valence-corrected chi connectivity index (χ4v) is 3.44. The van der Waals surface area contributed by atoms with Gasteiger partial charge < -0.3 is 0 Å². The highest BCUT2D eigenvalue weighted by molar-refractivity contribution is 7.87. The molecule has 0 unspecified atom stereocenters. The number of nitrogens with one attached hydrogen (secondary N) is 1. The van der Waals surface area contributed by atoms with Gasteiger partial charge in [0.1, 0.15) is 15.5 Å². The fraction of sp³-hybridized carbons (Fsp3) is 0. The van der Waals surface area contributed by atoms with Gasteiger partial charge in [-0.3, -0.25) is 9.11 Å². The van der Waals surface area contributed by atoms with Crippen LogP contribution in [0.1, 0.15) is 0 Å². The van der Waals surface area contributed by atoms with Gasteiger partial charge in [0, 0.05) is 5.39 Å². The lowest BCUT2D eigenvalue weighted by Crippen LogP contribution is -2.05. The third-order valence-electron chi connectivity index (χ3n) is 2.59. The zero-order valence-electron chi connectivity index (χ0n) is 9.68. The van der Waals surface area contributed by atoms with E-state index in [1.165, 1.54) is 24.3 Å². The maximum atomic E-state index is 11.4. The highest BCUT2D eigenvalue weighted by atomic mass is 32.2. The van der Waals surface area contributed by atoms with Crippen molar-refractivity contribution < 1.29 is 25.9 Å². The smallest absolute Gasteiger partial charge is 0.282 e. The molecule has 0 aliphatic heterocycles. The van der Waals surface area contributed by atoms with Crippen molar-refractivity contribution in [3.63, 3.8) is 0 Å². The van der Waals surface area contributed by atoms with E-state index >= 15 is 0 Å². The number of rotatable bonds is 3. The van der Waals surface area contributed by atoms with Gasteiger partial charge in [-0.25, -0.2) is 5.53 Å². The molecule has 0 fully saturated rings. The molecule has 2 aromatic carbocycles. The number of nitrogens with zero attached hydrogens (tertiary/aromatic N) is 1. The van der Waals surface area contributed by atoms with Crippen molar-refractivity contribution in [1.82, 2.24) is 0 Å². The Kier molecular flexibility index (Phi) is 3.34. The van der Waals surface area contributed by atoms with Crippen molar-refractivity contribution >= 4 is 36.7 Å². The molecule has 2 aromatic rings. The van der Waals surface area contributed by atoms with Crippen molar-refractivity contribution in [2.24, 2.45) is 5.11 Å². The Labute approximate surface area is 114 Å². The molecule has 0 radical (unpaired) electrons. The Morgan fingerprint density at radius 3 is 2.10 bits per heavy atom. The Balaban J connectivity index is 3.18. The Bertz CT molecular complexity index is 918. The van der Waals surface area contributed by atoms with Crippen LogP contribution >= 0.6 is 0 Å². The topological polar surface area (TPSA) is 145 Å². The predicted octanol–water partition coefficient (Wildman–Crippen LogP) is 2.00. The lowest BCUT2D eigenvalue weighted by atomic mass is 10.1. The number of hydrogen-bond acceptors (Lipinski definition) is 6. The Hall–Kier alpha value is -1.88. The standard InChI is InChI=1S/C10H8N2O6S2/c11-12-9-8(19(13,14)15)5-6-3-1-2-4-7(6)10(9)20(16,17)18/h1-5,11H,(H,13,14,15)(H,16,17,18). The van der Waals surface area contributed by atoms with E-state index in [0.29, 0.717) is 0 Å². The third-order valence-corrected chi connectivity index (χ3v) is 4.38. The van der Waals surface area contributed by atoms with Crippen LogP contribution in [0.4, 0.5) is 5.69 Å². The predicted molar refractivity (Wildman–Crippen MR) is 68.4 cm³/mol. The molecule has 0 spiro atoms. The lowest BCUT2D eigenvalue weighted by molar-refractivity contribution is 0.482. The monoisotopic (exact) mass is 316 g/mol. The van der Waals surface area contributed by atoms with Crippen molar-refractivity contribution in [2.45, 2.75) is 9.79 Å². The average molecular weight is 316 g/mol. The summed E-state index contributed by atoms with van der Waals surface area (Å²) in [5.74, 6) is 0. The van der Waals surface area contributed by atoms with Crippen LogP contribution in [-0.2, 0) is 20.2 Å². The molecule has 0 amide bonds. The van der Waals surface area contributed by atoms with E-state index in [1.807, 2.05) is 0 Å². The van der Waals surface area contributed by atoms with Gasteiger partial charge in [0.15, 0.2) is 0 Å². The summed E-state index contributed by atoms with van der Waals surface area (Å²) in [6.45, 7) is 0. The summed E-state index contributed by atoms with van der Waals surface area (Å²) in [4.78, 5) is -1.70. The molecule has 0 saturated heterocycles. The molecule has 0 aromatic heterocycles. The van der Waals surface area contributed by atoms with E-state index in [9.17, 15) is 21.4 Å². The van der Waals surface area contributed by atoms with E-state index in [2.05, 4.69) is 5.11 Å². The summed E-state index contributed by atoms with van der Waals surface area (Å²) in [6, 6.07) is 6.68. The van der Waals surface area contributed by atoms with E-state index in [1.54, 1.807) is 0 Å². The first kappa shape index (κ1) is 14.5. The van der Waals surface area contributed by atoms with Crippen LogP contribution in [0.3, 0.4) is 0 Å². The van der Waals surface area contributed by atoms with Crippen molar-refractivity contribution in [3.8, 4) is 0 Å². The zero-order chi connectivity index (χ0) is 15.1. The molecule has 0 heterocycles. The van der Waals surface area contributed by atoms with Crippen molar-refractivity contribution in [2.75, 3.05) is 0 Å². The van der Waals surface area contributed by atoms with Crippen molar-refractivity contribution in [1.29, 1.82) is 5.53 Å². The van der Waals surface area contributed by atoms with Gasteiger partial charge >= 0.3 is 0 Å².